The molecule has 2 aromatic rings. The van der Waals surface area contributed by atoms with Gasteiger partial charge in [0.1, 0.15) is 5.75 Å². The first-order chi connectivity index (χ1) is 11.1. The summed E-state index contributed by atoms with van der Waals surface area (Å²) in [4.78, 5) is 12.9. The number of carbonyl (C=O) groups excluding carboxylic acids is 1. The average molecular weight is 349 g/mol. The van der Waals surface area contributed by atoms with Gasteiger partial charge in [-0.05, 0) is 43.3 Å². The van der Waals surface area contributed by atoms with E-state index in [4.69, 9.17) is 11.6 Å². The number of phenols is 1. The molecular formula is C17H17ClN2O2S. The highest BCUT2D eigenvalue weighted by molar-refractivity contribution is 7.99. The van der Waals surface area contributed by atoms with Crippen LogP contribution in [-0.2, 0) is 4.79 Å². The van der Waals surface area contributed by atoms with E-state index in [0.29, 0.717) is 28.5 Å². The van der Waals surface area contributed by atoms with Crippen LogP contribution >= 0.6 is 23.4 Å². The fraction of sp³-hybridized carbons (Fsp3) is 0.176. The van der Waals surface area contributed by atoms with Crippen LogP contribution in [-0.4, -0.2) is 22.5 Å². The Morgan fingerprint density at radius 3 is 2.61 bits per heavy atom. The lowest BCUT2D eigenvalue weighted by Crippen LogP contribution is -2.19. The van der Waals surface area contributed by atoms with Crippen molar-refractivity contribution in [2.75, 3.05) is 5.75 Å². The zero-order valence-electron chi connectivity index (χ0n) is 12.6. The second-order valence-corrected chi connectivity index (χ2v) is 6.41. The Morgan fingerprint density at radius 2 is 1.91 bits per heavy atom. The fourth-order valence-electron chi connectivity index (χ4n) is 1.83. The summed E-state index contributed by atoms with van der Waals surface area (Å²) in [6.07, 6.45) is 0.352. The molecule has 23 heavy (non-hydrogen) atoms. The molecule has 0 aliphatic rings. The number of halogens is 1. The van der Waals surface area contributed by atoms with Crippen molar-refractivity contribution in [1.82, 2.24) is 5.43 Å². The molecule has 0 radical (unpaired) electrons. The summed E-state index contributed by atoms with van der Waals surface area (Å²) >= 11 is 7.41. The molecule has 4 nitrogen and oxygen atoms in total. The minimum Gasteiger partial charge on any atom is -0.507 e. The topological polar surface area (TPSA) is 61.7 Å². The normalized spacial score (nSPS) is 11.3. The van der Waals surface area contributed by atoms with Crippen LogP contribution in [0.1, 0.15) is 18.9 Å². The smallest absolute Gasteiger partial charge is 0.240 e. The fourth-order valence-corrected chi connectivity index (χ4v) is 2.81. The van der Waals surface area contributed by atoms with Gasteiger partial charge in [-0.1, -0.05) is 23.7 Å². The lowest BCUT2D eigenvalue weighted by atomic mass is 10.1. The van der Waals surface area contributed by atoms with E-state index in [0.717, 1.165) is 4.90 Å². The molecule has 0 saturated heterocycles. The minimum atomic E-state index is -0.166. The Bertz CT molecular complexity index is 702. The van der Waals surface area contributed by atoms with E-state index in [2.05, 4.69) is 10.5 Å². The Hall–Kier alpha value is -1.98. The monoisotopic (exact) mass is 348 g/mol. The molecule has 0 heterocycles. The van der Waals surface area contributed by atoms with Crippen molar-refractivity contribution in [3.63, 3.8) is 0 Å². The Balaban J connectivity index is 1.79. The zero-order chi connectivity index (χ0) is 16.7. The van der Waals surface area contributed by atoms with Gasteiger partial charge in [0.25, 0.3) is 0 Å². The van der Waals surface area contributed by atoms with Gasteiger partial charge in [-0.15, -0.1) is 11.8 Å². The third-order valence-corrected chi connectivity index (χ3v) is 4.32. The van der Waals surface area contributed by atoms with E-state index in [9.17, 15) is 9.90 Å². The number of hydrogen-bond acceptors (Lipinski definition) is 4. The van der Waals surface area contributed by atoms with Gasteiger partial charge in [0.15, 0.2) is 0 Å². The molecule has 0 saturated carbocycles. The number of rotatable bonds is 6. The summed E-state index contributed by atoms with van der Waals surface area (Å²) in [6, 6.07) is 14.4. The SMILES string of the molecule is C/C(=N\NC(=O)CCSc1ccc(Cl)cc1)c1ccccc1O. The van der Waals surface area contributed by atoms with Crippen LogP contribution in [0.15, 0.2) is 58.5 Å². The van der Waals surface area contributed by atoms with Gasteiger partial charge in [-0.2, -0.15) is 5.10 Å². The van der Waals surface area contributed by atoms with E-state index in [1.807, 2.05) is 24.3 Å². The van der Waals surface area contributed by atoms with E-state index < -0.39 is 0 Å². The number of hydrogen-bond donors (Lipinski definition) is 2. The number of hydrazone groups is 1. The minimum absolute atomic E-state index is 0.140. The molecule has 120 valence electrons. The van der Waals surface area contributed by atoms with Crippen LogP contribution in [0.5, 0.6) is 5.75 Å². The Kier molecular flexibility index (Phi) is 6.50. The molecule has 1 amide bonds. The molecule has 0 unspecified atom stereocenters. The number of carbonyl (C=O) groups is 1. The predicted molar refractivity (Wildman–Crippen MR) is 95.3 cm³/mol. The quantitative estimate of drug-likeness (QED) is 0.470. The molecule has 0 aliphatic carbocycles. The van der Waals surface area contributed by atoms with Crippen molar-refractivity contribution in [2.24, 2.45) is 5.10 Å². The molecule has 0 atom stereocenters. The first kappa shape index (κ1) is 17.4. The third-order valence-electron chi connectivity index (χ3n) is 3.05. The summed E-state index contributed by atoms with van der Waals surface area (Å²) in [5, 5.41) is 14.4. The van der Waals surface area contributed by atoms with E-state index in [-0.39, 0.29) is 11.7 Å². The Morgan fingerprint density at radius 1 is 1.22 bits per heavy atom. The molecule has 2 rings (SSSR count). The van der Waals surface area contributed by atoms with Gasteiger partial charge >= 0.3 is 0 Å². The standard InChI is InChI=1S/C17H17ClN2O2S/c1-12(15-4-2-3-5-16(15)21)19-20-17(22)10-11-23-14-8-6-13(18)7-9-14/h2-9,21H,10-11H2,1H3,(H,20,22)/b19-12+. The number of nitrogens with zero attached hydrogens (tertiary/aromatic N) is 1. The van der Waals surface area contributed by atoms with Crippen LogP contribution in [0.3, 0.4) is 0 Å². The highest BCUT2D eigenvalue weighted by atomic mass is 35.5. The zero-order valence-corrected chi connectivity index (χ0v) is 14.2. The highest BCUT2D eigenvalue weighted by Crippen LogP contribution is 2.21. The Labute approximate surface area is 144 Å². The maximum atomic E-state index is 11.8. The third kappa shape index (κ3) is 5.62. The van der Waals surface area contributed by atoms with E-state index >= 15 is 0 Å². The van der Waals surface area contributed by atoms with Gasteiger partial charge in [0.2, 0.25) is 5.91 Å². The predicted octanol–water partition coefficient (Wildman–Crippen LogP) is 4.07. The highest BCUT2D eigenvalue weighted by Gasteiger charge is 2.05. The number of amides is 1. The maximum absolute atomic E-state index is 11.8. The van der Waals surface area contributed by atoms with Crippen molar-refractivity contribution in [2.45, 2.75) is 18.2 Å². The number of aromatic hydroxyl groups is 1. The van der Waals surface area contributed by atoms with Crippen LogP contribution in [0.4, 0.5) is 0 Å². The molecule has 0 aliphatic heterocycles. The van der Waals surface area contributed by atoms with Crippen molar-refractivity contribution in [1.29, 1.82) is 0 Å². The molecule has 0 aromatic heterocycles. The summed E-state index contributed by atoms with van der Waals surface area (Å²) < 4.78 is 0. The number of nitrogens with one attached hydrogen (secondary N) is 1. The van der Waals surface area contributed by atoms with Crippen LogP contribution < -0.4 is 5.43 Å². The summed E-state index contributed by atoms with van der Waals surface area (Å²) in [5.74, 6) is 0.626. The van der Waals surface area contributed by atoms with Crippen LogP contribution in [0, 0.1) is 0 Å². The largest absolute Gasteiger partial charge is 0.507 e. The van der Waals surface area contributed by atoms with Crippen molar-refractivity contribution < 1.29 is 9.90 Å². The molecule has 2 aromatic carbocycles. The molecule has 6 heteroatoms. The van der Waals surface area contributed by atoms with Gasteiger partial charge < -0.3 is 5.11 Å². The van der Waals surface area contributed by atoms with E-state index in [1.165, 1.54) is 0 Å². The molecular weight excluding hydrogens is 332 g/mol. The molecule has 0 spiro atoms. The maximum Gasteiger partial charge on any atom is 0.240 e. The average Bonchev–Trinajstić information content (AvgIpc) is 2.55. The lowest BCUT2D eigenvalue weighted by molar-refractivity contribution is -0.120. The molecule has 2 N–H and O–H groups in total. The second kappa shape index (κ2) is 8.60. The molecule has 0 bridgehead atoms. The number of phenolic OH excluding ortho intramolecular Hbond substituents is 1. The number of thioether (sulfide) groups is 1. The summed E-state index contributed by atoms with van der Waals surface area (Å²) in [7, 11) is 0. The van der Waals surface area contributed by atoms with Crippen molar-refractivity contribution in [3.8, 4) is 5.75 Å². The molecule has 0 fully saturated rings. The van der Waals surface area contributed by atoms with Gasteiger partial charge in [-0.25, -0.2) is 5.43 Å². The first-order valence-corrected chi connectivity index (χ1v) is 8.42. The van der Waals surface area contributed by atoms with Crippen molar-refractivity contribution >= 4 is 35.0 Å². The first-order valence-electron chi connectivity index (χ1n) is 7.06. The van der Waals surface area contributed by atoms with Gasteiger partial charge in [0.05, 0.1) is 5.71 Å². The number of benzene rings is 2. The second-order valence-electron chi connectivity index (χ2n) is 4.80. The lowest BCUT2D eigenvalue weighted by Gasteiger charge is -2.05. The van der Waals surface area contributed by atoms with Crippen molar-refractivity contribution in [3.05, 3.63) is 59.1 Å². The van der Waals surface area contributed by atoms with Gasteiger partial charge in [-0.3, -0.25) is 4.79 Å². The summed E-state index contributed by atoms with van der Waals surface area (Å²) in [6.45, 7) is 1.73. The van der Waals surface area contributed by atoms with E-state index in [1.54, 1.807) is 43.0 Å². The number of para-hydroxylation sites is 1. The van der Waals surface area contributed by atoms with Gasteiger partial charge in [0, 0.05) is 27.7 Å². The summed E-state index contributed by atoms with van der Waals surface area (Å²) in [5.41, 5.74) is 3.66. The van der Waals surface area contributed by atoms with Crippen LogP contribution in [0.2, 0.25) is 5.02 Å². The van der Waals surface area contributed by atoms with Crippen LogP contribution in [0.25, 0.3) is 0 Å².